The number of tetrazole rings is 1. The third-order valence-electron chi connectivity index (χ3n) is 2.05. The Morgan fingerprint density at radius 2 is 2.35 bits per heavy atom. The summed E-state index contributed by atoms with van der Waals surface area (Å²) in [5.74, 6) is 0.0369. The van der Waals surface area contributed by atoms with Crippen LogP contribution in [-0.2, 0) is 7.05 Å². The van der Waals surface area contributed by atoms with Crippen molar-refractivity contribution in [1.82, 2.24) is 20.2 Å². The fourth-order valence-corrected chi connectivity index (χ4v) is 3.15. The molecule has 0 aliphatic rings. The lowest BCUT2D eigenvalue weighted by Crippen LogP contribution is -2.13. The van der Waals surface area contributed by atoms with Crippen LogP contribution in [0.25, 0.3) is 0 Å². The molecular formula is C9H9ClN4OS2. The lowest BCUT2D eigenvalue weighted by Gasteiger charge is -2.06. The second kappa shape index (κ2) is 5.16. The van der Waals surface area contributed by atoms with Crippen molar-refractivity contribution in [2.75, 3.05) is 0 Å². The molecule has 0 spiro atoms. The van der Waals surface area contributed by atoms with Gasteiger partial charge in [0.1, 0.15) is 0 Å². The molecule has 2 rings (SSSR count). The largest absolute Gasteiger partial charge is 0.292 e. The van der Waals surface area contributed by atoms with Crippen LogP contribution in [-0.4, -0.2) is 31.2 Å². The molecule has 0 fully saturated rings. The molecule has 8 heteroatoms. The minimum Gasteiger partial charge on any atom is -0.292 e. The number of hydrogen-bond donors (Lipinski definition) is 0. The van der Waals surface area contributed by atoms with Crippen LogP contribution in [0.3, 0.4) is 0 Å². The van der Waals surface area contributed by atoms with Crippen LogP contribution in [0.2, 0.25) is 4.34 Å². The van der Waals surface area contributed by atoms with Crippen LogP contribution in [0.1, 0.15) is 16.6 Å². The number of thioether (sulfide) groups is 1. The van der Waals surface area contributed by atoms with Crippen molar-refractivity contribution in [3.05, 3.63) is 21.3 Å². The highest BCUT2D eigenvalue weighted by atomic mass is 35.5. The number of Topliss-reactive ketones (excluding diaryl/α,β-unsaturated/α-hetero) is 1. The standard InChI is InChI=1S/C9H9ClN4OS2/c1-5(16-9-11-12-13-14(9)2)8(15)6-3-4-7(10)17-6/h3-5H,1-2H3. The van der Waals surface area contributed by atoms with Crippen LogP contribution in [0.5, 0.6) is 0 Å². The first kappa shape index (κ1) is 12.5. The van der Waals surface area contributed by atoms with Gasteiger partial charge in [-0.2, -0.15) is 0 Å². The van der Waals surface area contributed by atoms with E-state index in [1.165, 1.54) is 27.8 Å². The summed E-state index contributed by atoms with van der Waals surface area (Å²) in [6.45, 7) is 1.83. The van der Waals surface area contributed by atoms with E-state index in [1.807, 2.05) is 6.92 Å². The second-order valence-electron chi connectivity index (χ2n) is 3.31. The van der Waals surface area contributed by atoms with E-state index >= 15 is 0 Å². The third kappa shape index (κ3) is 2.85. The lowest BCUT2D eigenvalue weighted by atomic mass is 10.2. The van der Waals surface area contributed by atoms with Crippen molar-refractivity contribution >= 4 is 40.5 Å². The number of aryl methyl sites for hydroxylation is 1. The fraction of sp³-hybridized carbons (Fsp3) is 0.333. The zero-order valence-corrected chi connectivity index (χ0v) is 11.5. The Morgan fingerprint density at radius 3 is 2.88 bits per heavy atom. The third-order valence-corrected chi connectivity index (χ3v) is 4.42. The Morgan fingerprint density at radius 1 is 1.59 bits per heavy atom. The van der Waals surface area contributed by atoms with Gasteiger partial charge < -0.3 is 0 Å². The molecule has 2 aromatic rings. The normalized spacial score (nSPS) is 12.6. The predicted molar refractivity (Wildman–Crippen MR) is 67.8 cm³/mol. The average Bonchev–Trinajstić information content (AvgIpc) is 2.88. The summed E-state index contributed by atoms with van der Waals surface area (Å²) in [5, 5.41) is 11.4. The van der Waals surface area contributed by atoms with Crippen LogP contribution >= 0.6 is 34.7 Å². The van der Waals surface area contributed by atoms with E-state index < -0.39 is 0 Å². The van der Waals surface area contributed by atoms with E-state index in [9.17, 15) is 4.79 Å². The number of carbonyl (C=O) groups is 1. The molecule has 0 bridgehead atoms. The molecule has 1 atom stereocenters. The molecule has 0 saturated carbocycles. The summed E-state index contributed by atoms with van der Waals surface area (Å²) < 4.78 is 2.15. The smallest absolute Gasteiger partial charge is 0.209 e. The van der Waals surface area contributed by atoms with Gasteiger partial charge in [0.05, 0.1) is 14.5 Å². The van der Waals surface area contributed by atoms with Crippen molar-refractivity contribution in [1.29, 1.82) is 0 Å². The molecule has 0 N–H and O–H groups in total. The van der Waals surface area contributed by atoms with Gasteiger partial charge in [-0.05, 0) is 29.5 Å². The minimum absolute atomic E-state index is 0.0369. The summed E-state index contributed by atoms with van der Waals surface area (Å²) in [4.78, 5) is 12.7. The van der Waals surface area contributed by atoms with Crippen molar-refractivity contribution < 1.29 is 4.79 Å². The molecule has 5 nitrogen and oxygen atoms in total. The van der Waals surface area contributed by atoms with Gasteiger partial charge in [-0.1, -0.05) is 23.4 Å². The van der Waals surface area contributed by atoms with Crippen LogP contribution in [0.15, 0.2) is 17.3 Å². The van der Waals surface area contributed by atoms with Gasteiger partial charge in [-0.15, -0.1) is 16.4 Å². The summed E-state index contributed by atoms with van der Waals surface area (Å²) in [7, 11) is 1.74. The predicted octanol–water partition coefficient (Wildman–Crippen LogP) is 2.29. The second-order valence-corrected chi connectivity index (χ2v) is 6.34. The first-order valence-corrected chi connectivity index (χ1v) is 6.84. The zero-order valence-electron chi connectivity index (χ0n) is 9.12. The monoisotopic (exact) mass is 288 g/mol. The summed E-state index contributed by atoms with van der Waals surface area (Å²) in [6.07, 6.45) is 0. The highest BCUT2D eigenvalue weighted by molar-refractivity contribution is 8.00. The molecule has 2 aromatic heterocycles. The lowest BCUT2D eigenvalue weighted by molar-refractivity contribution is 0.0997. The number of ketones is 1. The molecule has 90 valence electrons. The zero-order chi connectivity index (χ0) is 12.4. The Hall–Kier alpha value is -0.920. The number of halogens is 1. The Bertz CT molecular complexity index is 539. The van der Waals surface area contributed by atoms with Crippen LogP contribution in [0.4, 0.5) is 0 Å². The van der Waals surface area contributed by atoms with E-state index in [4.69, 9.17) is 11.6 Å². The molecule has 0 aliphatic heterocycles. The van der Waals surface area contributed by atoms with Gasteiger partial charge in [0.2, 0.25) is 5.16 Å². The van der Waals surface area contributed by atoms with Gasteiger partial charge in [0.25, 0.3) is 0 Å². The van der Waals surface area contributed by atoms with E-state index in [2.05, 4.69) is 15.5 Å². The number of hydrogen-bond acceptors (Lipinski definition) is 6. The molecule has 2 heterocycles. The van der Waals surface area contributed by atoms with Crippen LogP contribution in [0, 0.1) is 0 Å². The SMILES string of the molecule is CC(Sc1nnnn1C)C(=O)c1ccc(Cl)s1. The maximum atomic E-state index is 12.0. The van der Waals surface area contributed by atoms with Gasteiger partial charge >= 0.3 is 0 Å². The van der Waals surface area contributed by atoms with Gasteiger partial charge in [0.15, 0.2) is 5.78 Å². The van der Waals surface area contributed by atoms with E-state index in [-0.39, 0.29) is 11.0 Å². The number of nitrogens with zero attached hydrogens (tertiary/aromatic N) is 4. The molecule has 0 saturated heterocycles. The van der Waals surface area contributed by atoms with Gasteiger partial charge in [-0.25, -0.2) is 4.68 Å². The summed E-state index contributed by atoms with van der Waals surface area (Å²) >= 11 is 8.42. The van der Waals surface area contributed by atoms with Gasteiger partial charge in [-0.3, -0.25) is 4.79 Å². The average molecular weight is 289 g/mol. The Balaban J connectivity index is 2.08. The van der Waals surface area contributed by atoms with E-state index in [1.54, 1.807) is 19.2 Å². The van der Waals surface area contributed by atoms with Crippen molar-refractivity contribution in [3.8, 4) is 0 Å². The molecule has 0 aromatic carbocycles. The first-order chi connectivity index (χ1) is 8.08. The van der Waals surface area contributed by atoms with E-state index in [0.717, 1.165) is 0 Å². The molecule has 17 heavy (non-hydrogen) atoms. The van der Waals surface area contributed by atoms with Crippen LogP contribution < -0.4 is 0 Å². The maximum Gasteiger partial charge on any atom is 0.209 e. The van der Waals surface area contributed by atoms with E-state index in [0.29, 0.717) is 14.4 Å². The highest BCUT2D eigenvalue weighted by Gasteiger charge is 2.20. The molecule has 0 radical (unpaired) electrons. The first-order valence-electron chi connectivity index (χ1n) is 4.76. The molecule has 1 unspecified atom stereocenters. The van der Waals surface area contributed by atoms with Gasteiger partial charge in [0, 0.05) is 7.05 Å². The fourth-order valence-electron chi connectivity index (χ4n) is 1.18. The topological polar surface area (TPSA) is 60.7 Å². The highest BCUT2D eigenvalue weighted by Crippen LogP contribution is 2.27. The molecular weight excluding hydrogens is 280 g/mol. The Labute approximate surface area is 111 Å². The van der Waals surface area contributed by atoms with Crippen molar-refractivity contribution in [2.24, 2.45) is 7.05 Å². The number of aromatic nitrogens is 4. The summed E-state index contributed by atoms with van der Waals surface area (Å²) in [6, 6.07) is 3.46. The van der Waals surface area contributed by atoms with Crippen molar-refractivity contribution in [3.63, 3.8) is 0 Å². The number of rotatable bonds is 4. The van der Waals surface area contributed by atoms with Crippen molar-refractivity contribution in [2.45, 2.75) is 17.3 Å². The maximum absolute atomic E-state index is 12.0. The number of carbonyl (C=O) groups excluding carboxylic acids is 1. The summed E-state index contributed by atoms with van der Waals surface area (Å²) in [5.41, 5.74) is 0. The Kier molecular flexibility index (Phi) is 3.80. The quantitative estimate of drug-likeness (QED) is 0.638. The number of thiophene rings is 1. The molecule has 0 aliphatic carbocycles. The molecule has 0 amide bonds. The minimum atomic E-state index is -0.241.